The van der Waals surface area contributed by atoms with Gasteiger partial charge in [0.1, 0.15) is 0 Å². The molecule has 0 aliphatic carbocycles. The highest BCUT2D eigenvalue weighted by Crippen LogP contribution is 2.11. The number of likely N-dealkylation sites (tertiary alicyclic amines) is 1. The van der Waals surface area contributed by atoms with Gasteiger partial charge in [-0.25, -0.2) is 9.67 Å². The molecule has 0 saturated carbocycles. The highest BCUT2D eigenvalue weighted by molar-refractivity contribution is 5.33. The van der Waals surface area contributed by atoms with Crippen LogP contribution in [0.2, 0.25) is 0 Å². The molecule has 0 amide bonds. The standard InChI is InChI=1S/C15H22N6/c1-12-11-13(2)21(19-12)14-5-6-16-15(18-14)17-7-10-20-8-3-4-9-20/h5-6,11H,3-4,7-10H2,1-2H3,(H,16,17,18). The summed E-state index contributed by atoms with van der Waals surface area (Å²) in [5.74, 6) is 1.47. The molecule has 0 spiro atoms. The third kappa shape index (κ3) is 3.39. The monoisotopic (exact) mass is 286 g/mol. The van der Waals surface area contributed by atoms with Crippen LogP contribution in [0.4, 0.5) is 5.95 Å². The predicted molar refractivity (Wildman–Crippen MR) is 82.8 cm³/mol. The third-order valence-corrected chi connectivity index (χ3v) is 3.78. The second kappa shape index (κ2) is 6.22. The van der Waals surface area contributed by atoms with Gasteiger partial charge in [0, 0.05) is 31.0 Å². The molecule has 1 fully saturated rings. The molecule has 3 rings (SSSR count). The van der Waals surface area contributed by atoms with Crippen LogP contribution in [0.3, 0.4) is 0 Å². The topological polar surface area (TPSA) is 58.9 Å². The molecule has 2 aromatic rings. The van der Waals surface area contributed by atoms with Crippen molar-refractivity contribution in [2.75, 3.05) is 31.5 Å². The first-order valence-electron chi connectivity index (χ1n) is 7.55. The fourth-order valence-corrected chi connectivity index (χ4v) is 2.75. The number of anilines is 1. The second-order valence-corrected chi connectivity index (χ2v) is 5.55. The van der Waals surface area contributed by atoms with E-state index in [4.69, 9.17) is 0 Å². The number of rotatable bonds is 5. The first-order chi connectivity index (χ1) is 10.2. The van der Waals surface area contributed by atoms with Crippen molar-refractivity contribution in [2.45, 2.75) is 26.7 Å². The summed E-state index contributed by atoms with van der Waals surface area (Å²) in [5, 5.41) is 7.76. The van der Waals surface area contributed by atoms with E-state index in [0.29, 0.717) is 5.95 Å². The average Bonchev–Trinajstić information content (AvgIpc) is 3.09. The Balaban J connectivity index is 1.64. The Morgan fingerprint density at radius 2 is 2.05 bits per heavy atom. The Bertz CT molecular complexity index is 600. The minimum Gasteiger partial charge on any atom is -0.353 e. The van der Waals surface area contributed by atoms with Gasteiger partial charge in [0.2, 0.25) is 5.95 Å². The van der Waals surface area contributed by atoms with Gasteiger partial charge in [-0.3, -0.25) is 0 Å². The molecule has 1 saturated heterocycles. The highest BCUT2D eigenvalue weighted by Gasteiger charge is 2.11. The van der Waals surface area contributed by atoms with Crippen molar-refractivity contribution in [1.82, 2.24) is 24.6 Å². The van der Waals surface area contributed by atoms with E-state index in [9.17, 15) is 0 Å². The smallest absolute Gasteiger partial charge is 0.224 e. The molecule has 0 unspecified atom stereocenters. The van der Waals surface area contributed by atoms with Crippen LogP contribution in [0.25, 0.3) is 5.82 Å². The number of hydrogen-bond donors (Lipinski definition) is 1. The normalized spacial score (nSPS) is 15.5. The molecule has 0 aromatic carbocycles. The van der Waals surface area contributed by atoms with Gasteiger partial charge in [-0.2, -0.15) is 10.1 Å². The summed E-state index contributed by atoms with van der Waals surface area (Å²) in [6.45, 7) is 8.37. The number of nitrogens with one attached hydrogen (secondary N) is 1. The summed E-state index contributed by atoms with van der Waals surface area (Å²) in [5.41, 5.74) is 2.07. The molecule has 1 aliphatic heterocycles. The van der Waals surface area contributed by atoms with E-state index < -0.39 is 0 Å². The number of hydrogen-bond acceptors (Lipinski definition) is 5. The van der Waals surface area contributed by atoms with Crippen LogP contribution in [0, 0.1) is 13.8 Å². The number of aromatic nitrogens is 4. The van der Waals surface area contributed by atoms with E-state index in [-0.39, 0.29) is 0 Å². The summed E-state index contributed by atoms with van der Waals surface area (Å²) in [4.78, 5) is 11.3. The fourth-order valence-electron chi connectivity index (χ4n) is 2.75. The van der Waals surface area contributed by atoms with E-state index >= 15 is 0 Å². The van der Waals surface area contributed by atoms with Gasteiger partial charge in [-0.1, -0.05) is 0 Å². The third-order valence-electron chi connectivity index (χ3n) is 3.78. The van der Waals surface area contributed by atoms with Crippen LogP contribution >= 0.6 is 0 Å². The Morgan fingerprint density at radius 3 is 2.76 bits per heavy atom. The Hall–Kier alpha value is -1.95. The van der Waals surface area contributed by atoms with Crippen LogP contribution in [0.15, 0.2) is 18.3 Å². The van der Waals surface area contributed by atoms with Gasteiger partial charge in [0.05, 0.1) is 5.69 Å². The molecule has 6 heteroatoms. The van der Waals surface area contributed by atoms with Crippen molar-refractivity contribution in [3.05, 3.63) is 29.7 Å². The van der Waals surface area contributed by atoms with Gasteiger partial charge in [0.25, 0.3) is 0 Å². The quantitative estimate of drug-likeness (QED) is 0.908. The molecule has 1 N–H and O–H groups in total. The first-order valence-corrected chi connectivity index (χ1v) is 7.55. The van der Waals surface area contributed by atoms with Crippen LogP contribution in [0.1, 0.15) is 24.2 Å². The molecule has 3 heterocycles. The maximum absolute atomic E-state index is 4.54. The molecule has 0 atom stereocenters. The van der Waals surface area contributed by atoms with Gasteiger partial charge in [-0.15, -0.1) is 0 Å². The molecule has 0 radical (unpaired) electrons. The van der Waals surface area contributed by atoms with Crippen molar-refractivity contribution in [2.24, 2.45) is 0 Å². The zero-order valence-corrected chi connectivity index (χ0v) is 12.7. The van der Waals surface area contributed by atoms with Crippen LogP contribution in [-0.2, 0) is 0 Å². The summed E-state index contributed by atoms with van der Waals surface area (Å²) in [6.07, 6.45) is 4.42. The Kier molecular flexibility index (Phi) is 4.15. The van der Waals surface area contributed by atoms with E-state index in [1.807, 2.05) is 30.7 Å². The van der Waals surface area contributed by atoms with Crippen molar-refractivity contribution < 1.29 is 0 Å². The summed E-state index contributed by atoms with van der Waals surface area (Å²) in [7, 11) is 0. The SMILES string of the molecule is Cc1cc(C)n(-c2ccnc(NCCN3CCCC3)n2)n1. The molecule has 6 nitrogen and oxygen atoms in total. The van der Waals surface area contributed by atoms with Crippen molar-refractivity contribution >= 4 is 5.95 Å². The van der Waals surface area contributed by atoms with Crippen molar-refractivity contribution in [3.8, 4) is 5.82 Å². The zero-order chi connectivity index (χ0) is 14.7. The lowest BCUT2D eigenvalue weighted by atomic mass is 10.4. The van der Waals surface area contributed by atoms with Gasteiger partial charge in [0.15, 0.2) is 5.82 Å². The minimum atomic E-state index is 0.666. The maximum atomic E-state index is 4.54. The molecule has 1 aliphatic rings. The van der Waals surface area contributed by atoms with Gasteiger partial charge >= 0.3 is 0 Å². The lowest BCUT2D eigenvalue weighted by Gasteiger charge is -2.14. The van der Waals surface area contributed by atoms with Crippen molar-refractivity contribution in [3.63, 3.8) is 0 Å². The van der Waals surface area contributed by atoms with Crippen molar-refractivity contribution in [1.29, 1.82) is 0 Å². The van der Waals surface area contributed by atoms with Crippen LogP contribution in [0.5, 0.6) is 0 Å². The fraction of sp³-hybridized carbons (Fsp3) is 0.533. The first kappa shape index (κ1) is 14.0. The predicted octanol–water partition coefficient (Wildman–Crippen LogP) is 1.79. The van der Waals surface area contributed by atoms with Crippen LogP contribution in [-0.4, -0.2) is 50.8 Å². The summed E-state index contributed by atoms with van der Waals surface area (Å²) < 4.78 is 1.85. The zero-order valence-electron chi connectivity index (χ0n) is 12.7. The summed E-state index contributed by atoms with van der Waals surface area (Å²) >= 11 is 0. The number of nitrogens with zero attached hydrogens (tertiary/aromatic N) is 5. The second-order valence-electron chi connectivity index (χ2n) is 5.55. The molecule has 0 bridgehead atoms. The molecule has 112 valence electrons. The summed E-state index contributed by atoms with van der Waals surface area (Å²) in [6, 6.07) is 3.92. The lowest BCUT2D eigenvalue weighted by Crippen LogP contribution is -2.26. The van der Waals surface area contributed by atoms with E-state index in [1.165, 1.54) is 25.9 Å². The molecular weight excluding hydrogens is 264 g/mol. The number of aryl methyl sites for hydroxylation is 2. The van der Waals surface area contributed by atoms with Gasteiger partial charge in [-0.05, 0) is 45.8 Å². The molecule has 2 aromatic heterocycles. The van der Waals surface area contributed by atoms with E-state index in [0.717, 1.165) is 30.3 Å². The highest BCUT2D eigenvalue weighted by atomic mass is 15.3. The molecular formula is C15H22N6. The van der Waals surface area contributed by atoms with E-state index in [2.05, 4.69) is 25.3 Å². The Morgan fingerprint density at radius 1 is 1.24 bits per heavy atom. The Labute approximate surface area is 125 Å². The maximum Gasteiger partial charge on any atom is 0.224 e. The molecule has 21 heavy (non-hydrogen) atoms. The lowest BCUT2D eigenvalue weighted by molar-refractivity contribution is 0.352. The van der Waals surface area contributed by atoms with Crippen LogP contribution < -0.4 is 5.32 Å². The minimum absolute atomic E-state index is 0.666. The van der Waals surface area contributed by atoms with E-state index in [1.54, 1.807) is 6.20 Å². The largest absolute Gasteiger partial charge is 0.353 e. The average molecular weight is 286 g/mol. The van der Waals surface area contributed by atoms with Gasteiger partial charge < -0.3 is 10.2 Å².